The van der Waals surface area contributed by atoms with Crippen molar-refractivity contribution in [2.75, 3.05) is 21.3 Å². The molecule has 1 amide bonds. The SMILES string of the molecule is COc1cc(OC)c(OC)c(C2=NN(C(C)=O)[C@H](c3ccccc3O)C2)c1. The normalized spacial score (nSPS) is 16.1. The molecular formula is C20H22N2O5. The summed E-state index contributed by atoms with van der Waals surface area (Å²) in [7, 11) is 4.66. The summed E-state index contributed by atoms with van der Waals surface area (Å²) in [6.07, 6.45) is 0.420. The summed E-state index contributed by atoms with van der Waals surface area (Å²) in [6, 6.07) is 10.1. The van der Waals surface area contributed by atoms with Crippen LogP contribution in [-0.4, -0.2) is 43.1 Å². The number of amides is 1. The van der Waals surface area contributed by atoms with Crippen molar-refractivity contribution in [3.05, 3.63) is 47.5 Å². The number of hydrogen-bond donors (Lipinski definition) is 1. The van der Waals surface area contributed by atoms with Crippen molar-refractivity contribution in [1.29, 1.82) is 0 Å². The van der Waals surface area contributed by atoms with Crippen LogP contribution in [0.5, 0.6) is 23.0 Å². The molecule has 3 rings (SSSR count). The Labute approximate surface area is 157 Å². The minimum absolute atomic E-state index is 0.125. The zero-order valence-electron chi connectivity index (χ0n) is 15.7. The highest BCUT2D eigenvalue weighted by atomic mass is 16.5. The van der Waals surface area contributed by atoms with Gasteiger partial charge < -0.3 is 19.3 Å². The van der Waals surface area contributed by atoms with Gasteiger partial charge in [-0.25, -0.2) is 5.01 Å². The van der Waals surface area contributed by atoms with Gasteiger partial charge in [0, 0.05) is 30.5 Å². The van der Waals surface area contributed by atoms with Gasteiger partial charge in [0.15, 0.2) is 11.5 Å². The molecule has 2 aromatic carbocycles. The van der Waals surface area contributed by atoms with Crippen molar-refractivity contribution < 1.29 is 24.1 Å². The fourth-order valence-electron chi connectivity index (χ4n) is 3.25. The first kappa shape index (κ1) is 18.6. The summed E-state index contributed by atoms with van der Waals surface area (Å²) in [5.74, 6) is 1.52. The van der Waals surface area contributed by atoms with Gasteiger partial charge in [0.05, 0.1) is 33.1 Å². The minimum atomic E-state index is -0.402. The Hall–Kier alpha value is -3.22. The van der Waals surface area contributed by atoms with E-state index in [1.165, 1.54) is 11.9 Å². The highest BCUT2D eigenvalue weighted by molar-refractivity contribution is 6.06. The molecule has 0 aromatic heterocycles. The van der Waals surface area contributed by atoms with E-state index in [0.717, 1.165) is 0 Å². The van der Waals surface area contributed by atoms with Crippen LogP contribution in [0.25, 0.3) is 0 Å². The van der Waals surface area contributed by atoms with Crippen molar-refractivity contribution >= 4 is 11.6 Å². The first-order valence-electron chi connectivity index (χ1n) is 8.45. The Morgan fingerprint density at radius 3 is 2.48 bits per heavy atom. The van der Waals surface area contributed by atoms with E-state index in [1.807, 2.05) is 6.07 Å². The molecule has 0 saturated heterocycles. The van der Waals surface area contributed by atoms with Crippen LogP contribution in [0.1, 0.15) is 30.5 Å². The molecule has 1 aliphatic rings. The summed E-state index contributed by atoms with van der Waals surface area (Å²) >= 11 is 0. The van der Waals surface area contributed by atoms with E-state index in [4.69, 9.17) is 14.2 Å². The van der Waals surface area contributed by atoms with E-state index in [1.54, 1.807) is 51.7 Å². The predicted octanol–water partition coefficient (Wildman–Crippen LogP) is 3.12. The van der Waals surface area contributed by atoms with Crippen molar-refractivity contribution in [3.63, 3.8) is 0 Å². The molecular weight excluding hydrogens is 348 g/mol. The number of phenolic OH excluding ortho intramolecular Hbond substituents is 1. The minimum Gasteiger partial charge on any atom is -0.508 e. The Bertz CT molecular complexity index is 894. The van der Waals surface area contributed by atoms with Crippen LogP contribution < -0.4 is 14.2 Å². The number of nitrogens with zero attached hydrogens (tertiary/aromatic N) is 2. The molecule has 0 radical (unpaired) electrons. The number of ether oxygens (including phenoxy) is 3. The number of phenols is 1. The van der Waals surface area contributed by atoms with Crippen LogP contribution in [0.3, 0.4) is 0 Å². The van der Waals surface area contributed by atoms with Gasteiger partial charge >= 0.3 is 0 Å². The number of hydrazone groups is 1. The fraction of sp³-hybridized carbons (Fsp3) is 0.300. The lowest BCUT2D eigenvalue weighted by molar-refractivity contribution is -0.130. The smallest absolute Gasteiger partial charge is 0.240 e. The van der Waals surface area contributed by atoms with Crippen LogP contribution in [0, 0.1) is 0 Å². The Morgan fingerprint density at radius 2 is 1.89 bits per heavy atom. The van der Waals surface area contributed by atoms with Crippen LogP contribution in [0.2, 0.25) is 0 Å². The van der Waals surface area contributed by atoms with Crippen molar-refractivity contribution in [2.45, 2.75) is 19.4 Å². The molecule has 1 aliphatic heterocycles. The number of carbonyl (C=O) groups excluding carboxylic acids is 1. The van der Waals surface area contributed by atoms with E-state index in [9.17, 15) is 9.90 Å². The lowest BCUT2D eigenvalue weighted by Crippen LogP contribution is -2.24. The molecule has 7 heteroatoms. The van der Waals surface area contributed by atoms with E-state index in [-0.39, 0.29) is 11.7 Å². The van der Waals surface area contributed by atoms with Gasteiger partial charge in [0.2, 0.25) is 5.91 Å². The molecule has 2 aromatic rings. The Morgan fingerprint density at radius 1 is 1.15 bits per heavy atom. The van der Waals surface area contributed by atoms with Gasteiger partial charge in [-0.2, -0.15) is 5.10 Å². The van der Waals surface area contributed by atoms with Gasteiger partial charge in [-0.3, -0.25) is 4.79 Å². The molecule has 0 spiro atoms. The third kappa shape index (κ3) is 3.40. The van der Waals surface area contributed by atoms with Gasteiger partial charge in [-0.15, -0.1) is 0 Å². The molecule has 0 bridgehead atoms. The molecule has 0 fully saturated rings. The first-order valence-corrected chi connectivity index (χ1v) is 8.45. The summed E-state index contributed by atoms with van der Waals surface area (Å²) in [5, 5.41) is 16.1. The number of rotatable bonds is 5. The molecule has 142 valence electrons. The molecule has 27 heavy (non-hydrogen) atoms. The predicted molar refractivity (Wildman–Crippen MR) is 101 cm³/mol. The number of aromatic hydroxyl groups is 1. The second kappa shape index (κ2) is 7.57. The van der Waals surface area contributed by atoms with Crippen molar-refractivity contribution in [3.8, 4) is 23.0 Å². The topological polar surface area (TPSA) is 80.6 Å². The highest BCUT2D eigenvalue weighted by Crippen LogP contribution is 2.42. The number of benzene rings is 2. The second-order valence-corrected chi connectivity index (χ2v) is 6.10. The zero-order chi connectivity index (χ0) is 19.6. The Balaban J connectivity index is 2.09. The third-order valence-corrected chi connectivity index (χ3v) is 4.53. The highest BCUT2D eigenvalue weighted by Gasteiger charge is 2.34. The van der Waals surface area contributed by atoms with Crippen LogP contribution in [-0.2, 0) is 4.79 Å². The Kier molecular flexibility index (Phi) is 5.21. The summed E-state index contributed by atoms with van der Waals surface area (Å²) in [6.45, 7) is 1.45. The standard InChI is InChI=1S/C20H22N2O5/c1-12(23)22-17(14-7-5-6-8-18(14)24)11-16(21-22)15-9-13(25-2)10-19(26-3)20(15)27-4/h5-10,17,24H,11H2,1-4H3/t17-/m0/s1. The quantitative estimate of drug-likeness (QED) is 0.875. The number of para-hydroxylation sites is 1. The molecule has 1 heterocycles. The van der Waals surface area contributed by atoms with Gasteiger partial charge in [0.1, 0.15) is 11.5 Å². The van der Waals surface area contributed by atoms with Crippen LogP contribution in [0.4, 0.5) is 0 Å². The molecule has 0 saturated carbocycles. The lowest BCUT2D eigenvalue weighted by Gasteiger charge is -2.21. The molecule has 0 unspecified atom stereocenters. The molecule has 0 aliphatic carbocycles. The zero-order valence-corrected chi connectivity index (χ0v) is 15.7. The second-order valence-electron chi connectivity index (χ2n) is 6.10. The van der Waals surface area contributed by atoms with Crippen molar-refractivity contribution in [1.82, 2.24) is 5.01 Å². The maximum Gasteiger partial charge on any atom is 0.240 e. The molecule has 1 N–H and O–H groups in total. The van der Waals surface area contributed by atoms with Crippen LogP contribution >= 0.6 is 0 Å². The van der Waals surface area contributed by atoms with Crippen LogP contribution in [0.15, 0.2) is 41.5 Å². The van der Waals surface area contributed by atoms with Gasteiger partial charge in [-0.1, -0.05) is 18.2 Å². The fourth-order valence-corrected chi connectivity index (χ4v) is 3.25. The lowest BCUT2D eigenvalue weighted by atomic mass is 9.97. The average Bonchev–Trinajstić information content (AvgIpc) is 3.12. The molecule has 1 atom stereocenters. The third-order valence-electron chi connectivity index (χ3n) is 4.53. The maximum atomic E-state index is 12.2. The number of carbonyl (C=O) groups is 1. The monoisotopic (exact) mass is 370 g/mol. The van der Waals surface area contributed by atoms with E-state index in [2.05, 4.69) is 5.10 Å². The van der Waals surface area contributed by atoms with E-state index in [0.29, 0.717) is 40.5 Å². The average molecular weight is 370 g/mol. The number of methoxy groups -OCH3 is 3. The summed E-state index contributed by atoms with van der Waals surface area (Å²) < 4.78 is 16.3. The first-order chi connectivity index (χ1) is 13.0. The van der Waals surface area contributed by atoms with Crippen molar-refractivity contribution in [2.24, 2.45) is 5.10 Å². The maximum absolute atomic E-state index is 12.2. The van der Waals surface area contributed by atoms with Gasteiger partial charge in [0.25, 0.3) is 0 Å². The summed E-state index contributed by atoms with van der Waals surface area (Å²) in [5.41, 5.74) is 1.96. The number of hydrogen-bond acceptors (Lipinski definition) is 6. The summed E-state index contributed by atoms with van der Waals surface area (Å²) in [4.78, 5) is 12.2. The largest absolute Gasteiger partial charge is 0.508 e. The molecule has 7 nitrogen and oxygen atoms in total. The van der Waals surface area contributed by atoms with Gasteiger partial charge in [-0.05, 0) is 12.1 Å². The van der Waals surface area contributed by atoms with E-state index >= 15 is 0 Å². The van der Waals surface area contributed by atoms with E-state index < -0.39 is 6.04 Å².